The van der Waals surface area contributed by atoms with Gasteiger partial charge in [-0.2, -0.15) is 5.26 Å². The van der Waals surface area contributed by atoms with Gasteiger partial charge in [-0.25, -0.2) is 9.97 Å². The predicted molar refractivity (Wildman–Crippen MR) is 98.7 cm³/mol. The molecule has 1 aliphatic heterocycles. The maximum absolute atomic E-state index is 9.56. The molecule has 2 aliphatic rings. The summed E-state index contributed by atoms with van der Waals surface area (Å²) < 4.78 is 5.40. The standard InChI is InChI=1S/C18H21N5OS/c19-10-14-13(9-15(22-17(14)20)12-3-1-2-4-12)16-11-21-18(25-16)23-5-7-24-8-6-23/h9,11-12H,1-8H2,(H2,20,22). The number of nitrogens with two attached hydrogens (primary N) is 1. The Morgan fingerprint density at radius 1 is 1.28 bits per heavy atom. The van der Waals surface area contributed by atoms with Crippen LogP contribution in [0.2, 0.25) is 0 Å². The van der Waals surface area contributed by atoms with E-state index in [2.05, 4.69) is 27.0 Å². The van der Waals surface area contributed by atoms with Crippen molar-refractivity contribution in [2.45, 2.75) is 31.6 Å². The Morgan fingerprint density at radius 3 is 2.76 bits per heavy atom. The second-order valence-electron chi connectivity index (χ2n) is 6.55. The quantitative estimate of drug-likeness (QED) is 0.910. The van der Waals surface area contributed by atoms with Crippen LogP contribution in [0.1, 0.15) is 42.9 Å². The minimum atomic E-state index is 0.336. The van der Waals surface area contributed by atoms with Crippen molar-refractivity contribution < 1.29 is 4.74 Å². The molecule has 3 heterocycles. The second kappa shape index (κ2) is 6.98. The molecule has 1 aliphatic carbocycles. The second-order valence-corrected chi connectivity index (χ2v) is 7.56. The van der Waals surface area contributed by atoms with Gasteiger partial charge in [0, 0.05) is 36.5 Å². The van der Waals surface area contributed by atoms with Gasteiger partial charge in [0.05, 0.1) is 18.1 Å². The van der Waals surface area contributed by atoms with Crippen molar-refractivity contribution >= 4 is 22.3 Å². The third-order valence-corrected chi connectivity index (χ3v) is 6.08. The molecule has 2 N–H and O–H groups in total. The van der Waals surface area contributed by atoms with Crippen LogP contribution < -0.4 is 10.6 Å². The van der Waals surface area contributed by atoms with E-state index >= 15 is 0 Å². The van der Waals surface area contributed by atoms with Crippen molar-refractivity contribution in [3.63, 3.8) is 0 Å². The fourth-order valence-electron chi connectivity index (χ4n) is 3.62. The zero-order valence-corrected chi connectivity index (χ0v) is 14.9. The number of rotatable bonds is 3. The highest BCUT2D eigenvalue weighted by atomic mass is 32.1. The molecule has 2 aromatic heterocycles. The maximum atomic E-state index is 9.56. The van der Waals surface area contributed by atoms with Crippen LogP contribution in [0.3, 0.4) is 0 Å². The van der Waals surface area contributed by atoms with E-state index in [9.17, 15) is 5.26 Å². The number of ether oxygens (including phenoxy) is 1. The molecule has 130 valence electrons. The van der Waals surface area contributed by atoms with E-state index in [-0.39, 0.29) is 0 Å². The Hall–Kier alpha value is -2.17. The van der Waals surface area contributed by atoms with E-state index in [4.69, 9.17) is 10.5 Å². The molecule has 1 saturated heterocycles. The van der Waals surface area contributed by atoms with E-state index in [1.54, 1.807) is 11.3 Å². The molecular weight excluding hydrogens is 334 g/mol. The molecule has 7 heteroatoms. The van der Waals surface area contributed by atoms with Crippen LogP contribution in [0.25, 0.3) is 10.4 Å². The maximum Gasteiger partial charge on any atom is 0.186 e. The van der Waals surface area contributed by atoms with Crippen LogP contribution in [0.15, 0.2) is 12.3 Å². The molecule has 4 rings (SSSR count). The SMILES string of the molecule is N#Cc1c(-c2cnc(N3CCOCC3)s2)cc(C2CCCC2)nc1N. The molecule has 6 nitrogen and oxygen atoms in total. The fraction of sp³-hybridized carbons (Fsp3) is 0.500. The van der Waals surface area contributed by atoms with Crippen molar-refractivity contribution in [1.29, 1.82) is 5.26 Å². The van der Waals surface area contributed by atoms with Crippen LogP contribution in [-0.2, 0) is 4.74 Å². The summed E-state index contributed by atoms with van der Waals surface area (Å²) in [5.74, 6) is 0.795. The Labute approximate surface area is 151 Å². The van der Waals surface area contributed by atoms with E-state index in [0.717, 1.165) is 60.4 Å². The number of nitriles is 1. The summed E-state index contributed by atoms with van der Waals surface area (Å²) in [5, 5.41) is 10.5. The molecule has 0 aromatic carbocycles. The smallest absolute Gasteiger partial charge is 0.186 e. The molecule has 0 unspecified atom stereocenters. The van der Waals surface area contributed by atoms with Crippen molar-refractivity contribution in [1.82, 2.24) is 9.97 Å². The number of hydrogen-bond acceptors (Lipinski definition) is 7. The highest BCUT2D eigenvalue weighted by Crippen LogP contribution is 2.39. The van der Waals surface area contributed by atoms with Gasteiger partial charge in [0.25, 0.3) is 0 Å². The number of nitrogens with zero attached hydrogens (tertiary/aromatic N) is 4. The van der Waals surface area contributed by atoms with Gasteiger partial charge >= 0.3 is 0 Å². The highest BCUT2D eigenvalue weighted by Gasteiger charge is 2.23. The third-order valence-electron chi connectivity index (χ3n) is 4.99. The molecule has 0 bridgehead atoms. The molecular formula is C18H21N5OS. The Morgan fingerprint density at radius 2 is 2.04 bits per heavy atom. The summed E-state index contributed by atoms with van der Waals surface area (Å²) >= 11 is 1.61. The highest BCUT2D eigenvalue weighted by molar-refractivity contribution is 7.18. The summed E-state index contributed by atoms with van der Waals surface area (Å²) in [6, 6.07) is 4.28. The van der Waals surface area contributed by atoms with Gasteiger partial charge in [0.2, 0.25) is 0 Å². The predicted octanol–water partition coefficient (Wildman–Crippen LogP) is 3.15. The monoisotopic (exact) mass is 355 g/mol. The molecule has 25 heavy (non-hydrogen) atoms. The summed E-state index contributed by atoms with van der Waals surface area (Å²) in [6.45, 7) is 3.16. The number of aromatic nitrogens is 2. The van der Waals surface area contributed by atoms with E-state index in [1.807, 2.05) is 6.20 Å². The van der Waals surface area contributed by atoms with Gasteiger partial charge in [0.15, 0.2) is 5.13 Å². The summed E-state index contributed by atoms with van der Waals surface area (Å²) in [6.07, 6.45) is 6.63. The molecule has 2 fully saturated rings. The summed E-state index contributed by atoms with van der Waals surface area (Å²) in [4.78, 5) is 12.3. The van der Waals surface area contributed by atoms with Crippen molar-refractivity contribution in [3.8, 4) is 16.5 Å². The first-order chi connectivity index (χ1) is 12.3. The fourth-order valence-corrected chi connectivity index (χ4v) is 4.61. The average Bonchev–Trinajstić information content (AvgIpc) is 3.34. The van der Waals surface area contributed by atoms with E-state index in [0.29, 0.717) is 17.3 Å². The number of pyridine rings is 1. The van der Waals surface area contributed by atoms with E-state index < -0.39 is 0 Å². The zero-order chi connectivity index (χ0) is 17.2. The van der Waals surface area contributed by atoms with Crippen molar-refractivity contribution in [2.75, 3.05) is 36.9 Å². The molecule has 0 atom stereocenters. The Balaban J connectivity index is 1.71. The summed E-state index contributed by atoms with van der Waals surface area (Å²) in [7, 11) is 0. The molecule has 0 amide bonds. The lowest BCUT2D eigenvalue weighted by Crippen LogP contribution is -2.36. The average molecular weight is 355 g/mol. The van der Waals surface area contributed by atoms with Crippen molar-refractivity contribution in [3.05, 3.63) is 23.5 Å². The van der Waals surface area contributed by atoms with Crippen LogP contribution in [0.4, 0.5) is 10.9 Å². The van der Waals surface area contributed by atoms with Crippen molar-refractivity contribution in [2.24, 2.45) is 0 Å². The van der Waals surface area contributed by atoms with Gasteiger partial charge in [-0.1, -0.05) is 24.2 Å². The Kier molecular flexibility index (Phi) is 4.55. The molecule has 2 aromatic rings. The lowest BCUT2D eigenvalue weighted by atomic mass is 9.99. The summed E-state index contributed by atoms with van der Waals surface area (Å²) in [5.41, 5.74) is 8.46. The lowest BCUT2D eigenvalue weighted by molar-refractivity contribution is 0.122. The van der Waals surface area contributed by atoms with Crippen LogP contribution >= 0.6 is 11.3 Å². The van der Waals surface area contributed by atoms with Gasteiger partial charge in [-0.05, 0) is 18.9 Å². The van der Waals surface area contributed by atoms with Crippen LogP contribution in [-0.4, -0.2) is 36.3 Å². The number of nitrogen functional groups attached to an aromatic ring is 1. The number of thiazole rings is 1. The first-order valence-corrected chi connectivity index (χ1v) is 9.57. The zero-order valence-electron chi connectivity index (χ0n) is 14.1. The van der Waals surface area contributed by atoms with Gasteiger partial charge in [0.1, 0.15) is 17.5 Å². The molecule has 0 radical (unpaired) electrons. The van der Waals surface area contributed by atoms with Gasteiger partial charge in [-0.15, -0.1) is 0 Å². The third kappa shape index (κ3) is 3.20. The lowest BCUT2D eigenvalue weighted by Gasteiger charge is -2.26. The number of anilines is 2. The van der Waals surface area contributed by atoms with Crippen LogP contribution in [0.5, 0.6) is 0 Å². The largest absolute Gasteiger partial charge is 0.383 e. The Bertz CT molecular complexity index is 800. The number of hydrogen-bond donors (Lipinski definition) is 1. The van der Waals surface area contributed by atoms with Gasteiger partial charge in [-0.3, -0.25) is 0 Å². The van der Waals surface area contributed by atoms with Crippen LogP contribution in [0, 0.1) is 11.3 Å². The minimum Gasteiger partial charge on any atom is -0.383 e. The first-order valence-electron chi connectivity index (χ1n) is 8.75. The molecule has 1 saturated carbocycles. The normalized spacial score (nSPS) is 18.4. The number of morpholine rings is 1. The van der Waals surface area contributed by atoms with E-state index in [1.165, 1.54) is 12.8 Å². The van der Waals surface area contributed by atoms with Gasteiger partial charge < -0.3 is 15.4 Å². The first kappa shape index (κ1) is 16.3. The molecule has 0 spiro atoms. The topological polar surface area (TPSA) is 88.1 Å². The minimum absolute atomic E-state index is 0.336.